The van der Waals surface area contributed by atoms with Crippen LogP contribution in [0.15, 0.2) is 83.7 Å². The lowest BCUT2D eigenvalue weighted by Crippen LogP contribution is -2.40. The van der Waals surface area contributed by atoms with Crippen molar-refractivity contribution in [1.82, 2.24) is 9.55 Å². The Labute approximate surface area is 205 Å². The van der Waals surface area contributed by atoms with E-state index in [-0.39, 0.29) is 5.69 Å². The normalized spacial score (nSPS) is 12.9. The molecule has 5 aromatic rings. The summed E-state index contributed by atoms with van der Waals surface area (Å²) in [6.07, 6.45) is 3.28. The molecule has 0 spiro atoms. The fraction of sp³-hybridized carbons (Fsp3) is 0.0769. The second-order valence-corrected chi connectivity index (χ2v) is 8.61. The average Bonchev–Trinajstić information content (AvgIpc) is 3.49. The van der Waals surface area contributed by atoms with Crippen LogP contribution in [0.4, 0.5) is 5.69 Å². The largest absolute Gasteiger partial charge is 0.458 e. The number of nitrogens with zero attached hydrogens (tertiary/aromatic N) is 4. The van der Waals surface area contributed by atoms with Crippen LogP contribution < -0.4 is 5.73 Å². The van der Waals surface area contributed by atoms with Crippen LogP contribution in [0.1, 0.15) is 22.6 Å². The standard InChI is InChI=1S/C26H18ClN5O3/c1-31-15-30-14-23(31)26(29,19-7-5-16(13-28)6-8-19)24-11-18-10-21(32(33)34)12-22(25(18)35-24)17-3-2-4-20(27)9-17/h2-12,14-15H,29H2,1H3. The van der Waals surface area contributed by atoms with E-state index in [1.54, 1.807) is 65.6 Å². The highest BCUT2D eigenvalue weighted by Crippen LogP contribution is 2.41. The number of halogens is 1. The van der Waals surface area contributed by atoms with E-state index in [2.05, 4.69) is 11.1 Å². The topological polar surface area (TPSA) is 124 Å². The Hall–Kier alpha value is -4.45. The number of nitro groups is 1. The number of nitrogens with two attached hydrogens (primary N) is 1. The quantitative estimate of drug-likeness (QED) is 0.259. The smallest absolute Gasteiger partial charge is 0.270 e. The van der Waals surface area contributed by atoms with Gasteiger partial charge >= 0.3 is 0 Å². The summed E-state index contributed by atoms with van der Waals surface area (Å²) in [4.78, 5) is 15.5. The maximum atomic E-state index is 11.7. The Morgan fingerprint density at radius 1 is 1.17 bits per heavy atom. The van der Waals surface area contributed by atoms with E-state index in [0.717, 1.165) is 0 Å². The van der Waals surface area contributed by atoms with Gasteiger partial charge in [0.2, 0.25) is 0 Å². The number of imidazole rings is 1. The van der Waals surface area contributed by atoms with E-state index >= 15 is 0 Å². The fourth-order valence-electron chi connectivity index (χ4n) is 4.27. The molecule has 1 unspecified atom stereocenters. The van der Waals surface area contributed by atoms with Crippen molar-refractivity contribution in [3.8, 4) is 17.2 Å². The van der Waals surface area contributed by atoms with Gasteiger partial charge in [-0.15, -0.1) is 0 Å². The van der Waals surface area contributed by atoms with Gasteiger partial charge in [0.25, 0.3) is 5.69 Å². The van der Waals surface area contributed by atoms with Gasteiger partial charge in [-0.2, -0.15) is 5.26 Å². The van der Waals surface area contributed by atoms with Crippen LogP contribution in [0, 0.1) is 21.4 Å². The number of non-ortho nitro benzene ring substituents is 1. The molecule has 0 saturated heterocycles. The maximum absolute atomic E-state index is 11.7. The highest BCUT2D eigenvalue weighted by Gasteiger charge is 2.38. The van der Waals surface area contributed by atoms with E-state index in [1.807, 2.05) is 13.1 Å². The number of rotatable bonds is 5. The number of aromatic nitrogens is 2. The third-order valence-corrected chi connectivity index (χ3v) is 6.26. The molecule has 172 valence electrons. The number of aryl methyl sites for hydroxylation is 1. The summed E-state index contributed by atoms with van der Waals surface area (Å²) in [5.74, 6) is 0.365. The Kier molecular flexibility index (Phi) is 5.36. The van der Waals surface area contributed by atoms with Crippen molar-refractivity contribution in [2.45, 2.75) is 5.54 Å². The zero-order chi connectivity index (χ0) is 24.7. The molecule has 1 atom stereocenters. The first-order chi connectivity index (χ1) is 16.8. The number of benzene rings is 3. The lowest BCUT2D eigenvalue weighted by molar-refractivity contribution is -0.384. The third-order valence-electron chi connectivity index (χ3n) is 6.03. The highest BCUT2D eigenvalue weighted by molar-refractivity contribution is 6.30. The van der Waals surface area contributed by atoms with Crippen LogP contribution in [0.2, 0.25) is 5.02 Å². The first-order valence-electron chi connectivity index (χ1n) is 10.6. The molecule has 35 heavy (non-hydrogen) atoms. The average molecular weight is 484 g/mol. The van der Waals surface area contributed by atoms with Gasteiger partial charge in [0.15, 0.2) is 0 Å². The van der Waals surface area contributed by atoms with Gasteiger partial charge in [0, 0.05) is 35.2 Å². The molecule has 0 aliphatic rings. The van der Waals surface area contributed by atoms with Crippen molar-refractivity contribution < 1.29 is 9.34 Å². The minimum atomic E-state index is -1.29. The van der Waals surface area contributed by atoms with Crippen molar-refractivity contribution in [1.29, 1.82) is 5.26 Å². The minimum Gasteiger partial charge on any atom is -0.458 e. The maximum Gasteiger partial charge on any atom is 0.270 e. The van der Waals surface area contributed by atoms with Crippen molar-refractivity contribution in [2.75, 3.05) is 0 Å². The molecular formula is C26H18ClN5O3. The van der Waals surface area contributed by atoms with Gasteiger partial charge in [0.05, 0.1) is 34.8 Å². The molecule has 0 amide bonds. The predicted molar refractivity (Wildman–Crippen MR) is 132 cm³/mol. The molecule has 2 N–H and O–H groups in total. The number of fused-ring (bicyclic) bond motifs is 1. The molecule has 8 nitrogen and oxygen atoms in total. The molecule has 0 aliphatic carbocycles. The van der Waals surface area contributed by atoms with Crippen molar-refractivity contribution in [2.24, 2.45) is 12.8 Å². The fourth-order valence-corrected chi connectivity index (χ4v) is 4.46. The Balaban J connectivity index is 1.81. The first kappa shape index (κ1) is 22.3. The molecule has 5 rings (SSSR count). The summed E-state index contributed by atoms with van der Waals surface area (Å²) in [5.41, 5.74) is 9.14. The lowest BCUT2D eigenvalue weighted by atomic mass is 9.84. The number of nitriles is 1. The van der Waals surface area contributed by atoms with Gasteiger partial charge in [0.1, 0.15) is 16.9 Å². The van der Waals surface area contributed by atoms with Crippen molar-refractivity contribution in [3.05, 3.63) is 117 Å². The number of hydrogen-bond donors (Lipinski definition) is 1. The molecule has 2 aromatic heterocycles. The molecule has 0 bridgehead atoms. The van der Waals surface area contributed by atoms with E-state index in [4.69, 9.17) is 21.8 Å². The minimum absolute atomic E-state index is 0.0821. The summed E-state index contributed by atoms with van der Waals surface area (Å²) in [6.45, 7) is 0. The monoisotopic (exact) mass is 483 g/mol. The van der Waals surface area contributed by atoms with Crippen LogP contribution in [0.3, 0.4) is 0 Å². The molecule has 0 aliphatic heterocycles. The summed E-state index contributed by atoms with van der Waals surface area (Å²) in [7, 11) is 1.82. The van der Waals surface area contributed by atoms with E-state index < -0.39 is 10.5 Å². The summed E-state index contributed by atoms with van der Waals surface area (Å²) >= 11 is 6.20. The van der Waals surface area contributed by atoms with Gasteiger partial charge in [-0.3, -0.25) is 10.1 Å². The van der Waals surface area contributed by atoms with Crippen molar-refractivity contribution in [3.63, 3.8) is 0 Å². The van der Waals surface area contributed by atoms with Crippen LogP contribution >= 0.6 is 11.6 Å². The molecular weight excluding hydrogens is 466 g/mol. The Morgan fingerprint density at radius 2 is 1.94 bits per heavy atom. The van der Waals surface area contributed by atoms with Crippen LogP contribution in [0.5, 0.6) is 0 Å². The van der Waals surface area contributed by atoms with Gasteiger partial charge < -0.3 is 14.7 Å². The molecule has 9 heteroatoms. The molecule has 0 radical (unpaired) electrons. The molecule has 2 heterocycles. The number of furan rings is 1. The van der Waals surface area contributed by atoms with E-state index in [0.29, 0.717) is 49.7 Å². The van der Waals surface area contributed by atoms with Crippen LogP contribution in [0.25, 0.3) is 22.1 Å². The van der Waals surface area contributed by atoms with Gasteiger partial charge in [-0.1, -0.05) is 35.9 Å². The first-order valence-corrected chi connectivity index (χ1v) is 10.9. The Bertz CT molecular complexity index is 1630. The van der Waals surface area contributed by atoms with Crippen LogP contribution in [-0.2, 0) is 12.6 Å². The lowest BCUT2D eigenvalue weighted by Gasteiger charge is -2.28. The van der Waals surface area contributed by atoms with Crippen LogP contribution in [-0.4, -0.2) is 14.5 Å². The Morgan fingerprint density at radius 3 is 2.57 bits per heavy atom. The molecule has 0 fully saturated rings. The van der Waals surface area contributed by atoms with E-state index in [1.165, 1.54) is 12.1 Å². The second-order valence-electron chi connectivity index (χ2n) is 8.18. The zero-order valence-corrected chi connectivity index (χ0v) is 19.2. The van der Waals surface area contributed by atoms with E-state index in [9.17, 15) is 15.4 Å². The summed E-state index contributed by atoms with van der Waals surface area (Å²) in [5, 5.41) is 21.9. The SMILES string of the molecule is Cn1cncc1C(N)(c1ccc(C#N)cc1)c1cc2cc([N+](=O)[O-])cc(-c3cccc(Cl)c3)c2o1. The van der Waals surface area contributed by atoms with Crippen molar-refractivity contribution >= 4 is 28.3 Å². The summed E-state index contributed by atoms with van der Waals surface area (Å²) < 4.78 is 8.17. The number of nitro benzene ring substituents is 1. The molecule has 0 saturated carbocycles. The predicted octanol–water partition coefficient (Wildman–Crippen LogP) is 5.52. The second kappa shape index (κ2) is 8.40. The summed E-state index contributed by atoms with van der Waals surface area (Å²) in [6, 6.07) is 20.6. The third kappa shape index (κ3) is 3.73. The number of hydrogen-bond acceptors (Lipinski definition) is 6. The van der Waals surface area contributed by atoms with Gasteiger partial charge in [-0.25, -0.2) is 4.98 Å². The molecule has 3 aromatic carbocycles. The highest BCUT2D eigenvalue weighted by atomic mass is 35.5. The van der Waals surface area contributed by atoms with Gasteiger partial charge in [-0.05, 0) is 41.5 Å². The zero-order valence-electron chi connectivity index (χ0n) is 18.5.